The van der Waals surface area contributed by atoms with E-state index in [2.05, 4.69) is 80.7 Å². The monoisotopic (exact) mass is 299 g/mol. The molecule has 0 fully saturated rings. The number of hydrogen-bond donors (Lipinski definition) is 0. The van der Waals surface area contributed by atoms with E-state index in [-0.39, 0.29) is 0 Å². The number of hydrogen-bond acceptors (Lipinski definition) is 1. The molecule has 0 heterocycles. The van der Waals surface area contributed by atoms with E-state index in [4.69, 9.17) is 0 Å². The topological polar surface area (TPSA) is 3.24 Å². The van der Waals surface area contributed by atoms with Crippen molar-refractivity contribution in [1.82, 2.24) is 0 Å². The van der Waals surface area contributed by atoms with Gasteiger partial charge in [0.15, 0.2) is 0 Å². The first-order valence-electron chi connectivity index (χ1n) is 7.69. The molecule has 0 saturated heterocycles. The van der Waals surface area contributed by atoms with Crippen molar-refractivity contribution in [3.05, 3.63) is 48.5 Å². The van der Waals surface area contributed by atoms with Gasteiger partial charge < -0.3 is 4.90 Å². The molecular weight excluding hydrogens is 273 g/mol. The second-order valence-electron chi connectivity index (χ2n) is 5.66. The molecule has 0 aliphatic heterocycles. The largest absolute Gasteiger partial charge is 0.377 e. The van der Waals surface area contributed by atoms with Crippen LogP contribution in [0.3, 0.4) is 0 Å². The van der Waals surface area contributed by atoms with Crippen LogP contribution in [0.25, 0.3) is 11.1 Å². The van der Waals surface area contributed by atoms with Crippen molar-refractivity contribution in [3.63, 3.8) is 0 Å². The Labute approximate surface area is 130 Å². The SMILES string of the molecule is C=[PH](CCCC)c1ccccc1-c1ccccc1N(C)C. The van der Waals surface area contributed by atoms with E-state index in [1.165, 1.54) is 41.1 Å². The summed E-state index contributed by atoms with van der Waals surface area (Å²) in [7, 11) is 3.49. The molecule has 0 bridgehead atoms. The van der Waals surface area contributed by atoms with Gasteiger partial charge in [-0.15, -0.1) is 0 Å². The van der Waals surface area contributed by atoms with Crippen LogP contribution in [0.4, 0.5) is 5.69 Å². The lowest BCUT2D eigenvalue weighted by atomic mass is 10.0. The van der Waals surface area contributed by atoms with Crippen molar-refractivity contribution in [3.8, 4) is 11.1 Å². The number of para-hydroxylation sites is 1. The molecule has 1 nitrogen and oxygen atoms in total. The van der Waals surface area contributed by atoms with Crippen LogP contribution in [0.15, 0.2) is 48.5 Å². The molecule has 0 spiro atoms. The number of anilines is 1. The number of benzene rings is 2. The molecule has 2 heteroatoms. The molecule has 0 aromatic heterocycles. The second-order valence-corrected chi connectivity index (χ2v) is 7.91. The van der Waals surface area contributed by atoms with Crippen LogP contribution in [-0.4, -0.2) is 26.6 Å². The maximum absolute atomic E-state index is 4.49. The van der Waals surface area contributed by atoms with Crippen molar-refractivity contribution in [2.45, 2.75) is 19.8 Å². The minimum Gasteiger partial charge on any atom is -0.377 e. The Bertz CT molecular complexity index is 616. The molecule has 0 radical (unpaired) electrons. The van der Waals surface area contributed by atoms with Gasteiger partial charge in [-0.1, -0.05) is 69.7 Å². The fourth-order valence-electron chi connectivity index (χ4n) is 2.64. The molecule has 1 atom stereocenters. The molecule has 0 aliphatic rings. The van der Waals surface area contributed by atoms with Gasteiger partial charge in [-0.3, -0.25) is 0 Å². The summed E-state index contributed by atoms with van der Waals surface area (Å²) in [5.74, 6) is 0. The fourth-order valence-corrected chi connectivity index (χ4v) is 4.62. The molecule has 21 heavy (non-hydrogen) atoms. The highest BCUT2D eigenvalue weighted by atomic mass is 31.1. The summed E-state index contributed by atoms with van der Waals surface area (Å²) in [6.45, 7) is 2.25. The van der Waals surface area contributed by atoms with Crippen LogP contribution in [0.2, 0.25) is 0 Å². The Balaban J connectivity index is 2.48. The molecule has 0 amide bonds. The lowest BCUT2D eigenvalue weighted by Gasteiger charge is -2.20. The number of rotatable bonds is 6. The van der Waals surface area contributed by atoms with Gasteiger partial charge in [-0.25, -0.2) is 0 Å². The van der Waals surface area contributed by atoms with Gasteiger partial charge in [0, 0.05) is 25.3 Å². The Kier molecular flexibility index (Phi) is 5.70. The van der Waals surface area contributed by atoms with Gasteiger partial charge in [0.25, 0.3) is 0 Å². The van der Waals surface area contributed by atoms with Crippen molar-refractivity contribution in [2.75, 3.05) is 25.2 Å². The Morgan fingerprint density at radius 1 is 0.952 bits per heavy atom. The second kappa shape index (κ2) is 7.52. The van der Waals surface area contributed by atoms with Crippen LogP contribution >= 0.6 is 7.55 Å². The molecule has 0 N–H and O–H groups in total. The van der Waals surface area contributed by atoms with E-state index < -0.39 is 7.55 Å². The van der Waals surface area contributed by atoms with Gasteiger partial charge >= 0.3 is 0 Å². The fraction of sp³-hybridized carbons (Fsp3) is 0.316. The van der Waals surface area contributed by atoms with Crippen molar-refractivity contribution < 1.29 is 0 Å². The summed E-state index contributed by atoms with van der Waals surface area (Å²) in [5.41, 5.74) is 3.96. The van der Waals surface area contributed by atoms with E-state index in [0.717, 1.165) is 0 Å². The average Bonchev–Trinajstić information content (AvgIpc) is 2.52. The van der Waals surface area contributed by atoms with Crippen LogP contribution in [-0.2, 0) is 0 Å². The molecule has 2 aromatic rings. The molecule has 1 unspecified atom stereocenters. The minimum atomic E-state index is -0.717. The summed E-state index contributed by atoms with van der Waals surface area (Å²) >= 11 is 0. The van der Waals surface area contributed by atoms with Gasteiger partial charge in [0.1, 0.15) is 0 Å². The highest BCUT2D eigenvalue weighted by molar-refractivity contribution is 7.64. The third-order valence-corrected chi connectivity index (χ3v) is 5.97. The van der Waals surface area contributed by atoms with E-state index >= 15 is 0 Å². The first-order chi connectivity index (χ1) is 10.1. The Morgan fingerprint density at radius 3 is 2.24 bits per heavy atom. The molecule has 0 aliphatic carbocycles. The number of nitrogens with zero attached hydrogens (tertiary/aromatic N) is 1. The van der Waals surface area contributed by atoms with Gasteiger partial charge in [-0.2, -0.15) is 0 Å². The van der Waals surface area contributed by atoms with Crippen LogP contribution < -0.4 is 10.2 Å². The zero-order valence-electron chi connectivity index (χ0n) is 13.4. The predicted octanol–water partition coefficient (Wildman–Crippen LogP) is 4.49. The maximum Gasteiger partial charge on any atom is 0.0440 e. The molecule has 2 aromatic carbocycles. The normalized spacial score (nSPS) is 12.1. The molecule has 0 saturated carbocycles. The predicted molar refractivity (Wildman–Crippen MR) is 101 cm³/mol. The van der Waals surface area contributed by atoms with Crippen LogP contribution in [0.1, 0.15) is 19.8 Å². The minimum absolute atomic E-state index is 0.717. The van der Waals surface area contributed by atoms with Gasteiger partial charge in [0.05, 0.1) is 0 Å². The van der Waals surface area contributed by atoms with Crippen LogP contribution in [0, 0.1) is 0 Å². The summed E-state index contributed by atoms with van der Waals surface area (Å²) in [5, 5.41) is 1.46. The van der Waals surface area contributed by atoms with Crippen molar-refractivity contribution in [1.29, 1.82) is 0 Å². The maximum atomic E-state index is 4.49. The smallest absolute Gasteiger partial charge is 0.0440 e. The van der Waals surface area contributed by atoms with E-state index in [9.17, 15) is 0 Å². The van der Waals surface area contributed by atoms with Gasteiger partial charge in [0.2, 0.25) is 0 Å². The van der Waals surface area contributed by atoms with E-state index in [1.807, 2.05) is 0 Å². The molecule has 2 rings (SSSR count). The third-order valence-electron chi connectivity index (χ3n) is 3.82. The number of unbranched alkanes of at least 4 members (excludes halogenated alkanes) is 1. The Morgan fingerprint density at radius 2 is 1.57 bits per heavy atom. The van der Waals surface area contributed by atoms with Crippen molar-refractivity contribution in [2.24, 2.45) is 0 Å². The zero-order chi connectivity index (χ0) is 15.2. The van der Waals surface area contributed by atoms with Crippen LogP contribution in [0.5, 0.6) is 0 Å². The lowest BCUT2D eigenvalue weighted by Crippen LogP contribution is -2.12. The first kappa shape index (κ1) is 15.9. The average molecular weight is 299 g/mol. The van der Waals surface area contributed by atoms with Crippen molar-refractivity contribution >= 4 is 24.8 Å². The molecular formula is C19H26NP. The first-order valence-corrected chi connectivity index (χ1v) is 9.60. The standard InChI is InChI=1S/C19H26NP/c1-5-6-15-21(4)19-14-10-8-12-17(19)16-11-7-9-13-18(16)20(2)3/h7-14,21H,4-6,15H2,1-3H3. The summed E-state index contributed by atoms with van der Waals surface area (Å²) in [4.78, 5) is 2.19. The summed E-state index contributed by atoms with van der Waals surface area (Å²) in [6.07, 6.45) is 8.28. The molecule has 112 valence electrons. The van der Waals surface area contributed by atoms with E-state index in [0.29, 0.717) is 0 Å². The lowest BCUT2D eigenvalue weighted by molar-refractivity contribution is 0.895. The van der Waals surface area contributed by atoms with Gasteiger partial charge in [-0.05, 0) is 29.5 Å². The quantitative estimate of drug-likeness (QED) is 0.710. The zero-order valence-corrected chi connectivity index (χ0v) is 14.4. The third kappa shape index (κ3) is 3.80. The highest BCUT2D eigenvalue weighted by Gasteiger charge is 2.11. The Hall–Kier alpha value is -1.46. The highest BCUT2D eigenvalue weighted by Crippen LogP contribution is 2.33. The van der Waals surface area contributed by atoms with E-state index in [1.54, 1.807) is 0 Å². The summed E-state index contributed by atoms with van der Waals surface area (Å²) in [6, 6.07) is 17.5. The summed E-state index contributed by atoms with van der Waals surface area (Å²) < 4.78 is 0.